The lowest BCUT2D eigenvalue weighted by molar-refractivity contribution is -0.145. The molecule has 1 N–H and O–H groups in total. The van der Waals surface area contributed by atoms with Crippen molar-refractivity contribution < 1.29 is 14.3 Å². The number of carbonyl (C=O) groups is 2. The van der Waals surface area contributed by atoms with E-state index in [2.05, 4.69) is 10.3 Å². The fourth-order valence-corrected chi connectivity index (χ4v) is 1.53. The van der Waals surface area contributed by atoms with Crippen LogP contribution in [0.25, 0.3) is 0 Å². The topological polar surface area (TPSA) is 71.5 Å². The third-order valence-corrected chi connectivity index (χ3v) is 2.41. The molecular weight excluding hydrogens is 222 g/mol. The van der Waals surface area contributed by atoms with Crippen LogP contribution in [0.4, 0.5) is 5.69 Å². The largest absolute Gasteiger partial charge is 0.378 e. The van der Waals surface area contributed by atoms with Crippen LogP contribution in [-0.4, -0.2) is 48.0 Å². The highest BCUT2D eigenvalue weighted by molar-refractivity contribution is 6.39. The number of rotatable bonds is 1. The van der Waals surface area contributed by atoms with Gasteiger partial charge in [0, 0.05) is 19.3 Å². The van der Waals surface area contributed by atoms with Gasteiger partial charge in [0.05, 0.1) is 25.1 Å². The molecule has 0 spiro atoms. The zero-order chi connectivity index (χ0) is 12.1. The van der Waals surface area contributed by atoms with Gasteiger partial charge in [-0.05, 0) is 12.1 Å². The van der Waals surface area contributed by atoms with Crippen molar-refractivity contribution in [3.8, 4) is 0 Å². The number of nitrogens with zero attached hydrogens (tertiary/aromatic N) is 2. The number of morpholine rings is 1. The first kappa shape index (κ1) is 11.5. The van der Waals surface area contributed by atoms with Gasteiger partial charge in [0.1, 0.15) is 0 Å². The summed E-state index contributed by atoms with van der Waals surface area (Å²) in [7, 11) is 0. The summed E-state index contributed by atoms with van der Waals surface area (Å²) in [5.41, 5.74) is 0.513. The van der Waals surface area contributed by atoms with Gasteiger partial charge >= 0.3 is 11.8 Å². The van der Waals surface area contributed by atoms with Crippen molar-refractivity contribution >= 4 is 17.5 Å². The van der Waals surface area contributed by atoms with E-state index < -0.39 is 11.8 Å². The molecule has 0 saturated carbocycles. The average molecular weight is 235 g/mol. The molecule has 1 aliphatic rings. The first-order valence-electron chi connectivity index (χ1n) is 5.35. The molecule has 2 rings (SSSR count). The van der Waals surface area contributed by atoms with Crippen molar-refractivity contribution in [3.05, 3.63) is 24.5 Å². The Hall–Kier alpha value is -1.95. The van der Waals surface area contributed by atoms with E-state index in [4.69, 9.17) is 4.74 Å². The molecule has 1 aliphatic heterocycles. The van der Waals surface area contributed by atoms with E-state index in [9.17, 15) is 9.59 Å². The molecule has 2 heterocycles. The highest BCUT2D eigenvalue weighted by Crippen LogP contribution is 2.04. The molecule has 6 nitrogen and oxygen atoms in total. The van der Waals surface area contributed by atoms with E-state index in [1.54, 1.807) is 18.3 Å². The minimum atomic E-state index is -0.639. The molecule has 0 atom stereocenters. The molecule has 0 aromatic carbocycles. The molecule has 6 heteroatoms. The van der Waals surface area contributed by atoms with Crippen molar-refractivity contribution in [1.29, 1.82) is 0 Å². The van der Waals surface area contributed by atoms with E-state index in [1.807, 2.05) is 0 Å². The summed E-state index contributed by atoms with van der Waals surface area (Å²) in [6.07, 6.45) is 3.09. The average Bonchev–Trinajstić information content (AvgIpc) is 2.40. The summed E-state index contributed by atoms with van der Waals surface area (Å²) in [6.45, 7) is 1.87. The highest BCUT2D eigenvalue weighted by Gasteiger charge is 2.23. The van der Waals surface area contributed by atoms with Crippen molar-refractivity contribution in [2.24, 2.45) is 0 Å². The Bertz CT molecular complexity index is 402. The second-order valence-electron chi connectivity index (χ2n) is 3.60. The molecule has 0 aliphatic carbocycles. The Morgan fingerprint density at radius 1 is 1.35 bits per heavy atom. The SMILES string of the molecule is O=C(Nc1cccnc1)C(=O)N1CCOCC1. The van der Waals surface area contributed by atoms with Gasteiger partial charge in [-0.25, -0.2) is 0 Å². The number of hydrogen-bond donors (Lipinski definition) is 1. The number of amides is 2. The summed E-state index contributed by atoms with van der Waals surface area (Å²) < 4.78 is 5.11. The Balaban J connectivity index is 1.93. The fourth-order valence-electron chi connectivity index (χ4n) is 1.53. The standard InChI is InChI=1S/C11H13N3O3/c15-10(13-9-2-1-3-12-8-9)11(16)14-4-6-17-7-5-14/h1-3,8H,4-7H2,(H,13,15). The van der Waals surface area contributed by atoms with Crippen LogP contribution in [0.5, 0.6) is 0 Å². The molecule has 90 valence electrons. The van der Waals surface area contributed by atoms with Gasteiger partial charge in [0.15, 0.2) is 0 Å². The van der Waals surface area contributed by atoms with Crippen LogP contribution in [0.2, 0.25) is 0 Å². The molecule has 1 aromatic heterocycles. The maximum absolute atomic E-state index is 11.7. The lowest BCUT2D eigenvalue weighted by Crippen LogP contribution is -2.45. The number of nitrogens with one attached hydrogen (secondary N) is 1. The third kappa shape index (κ3) is 3.01. The van der Waals surface area contributed by atoms with E-state index >= 15 is 0 Å². The summed E-state index contributed by atoms with van der Waals surface area (Å²) in [5, 5.41) is 2.51. The van der Waals surface area contributed by atoms with Crippen LogP contribution >= 0.6 is 0 Å². The van der Waals surface area contributed by atoms with Crippen LogP contribution in [0.1, 0.15) is 0 Å². The van der Waals surface area contributed by atoms with Gasteiger partial charge in [-0.1, -0.05) is 0 Å². The number of pyridine rings is 1. The number of aromatic nitrogens is 1. The van der Waals surface area contributed by atoms with Gasteiger partial charge in [0.25, 0.3) is 0 Å². The van der Waals surface area contributed by atoms with Crippen LogP contribution in [0.15, 0.2) is 24.5 Å². The normalized spacial score (nSPS) is 15.4. The van der Waals surface area contributed by atoms with Gasteiger partial charge in [0.2, 0.25) is 0 Å². The molecule has 0 radical (unpaired) electrons. The van der Waals surface area contributed by atoms with Gasteiger partial charge in [-0.2, -0.15) is 0 Å². The molecule has 0 bridgehead atoms. The second kappa shape index (κ2) is 5.40. The van der Waals surface area contributed by atoms with Crippen molar-refractivity contribution in [2.45, 2.75) is 0 Å². The van der Waals surface area contributed by atoms with E-state index in [0.29, 0.717) is 32.0 Å². The summed E-state index contributed by atoms with van der Waals surface area (Å²) in [6, 6.07) is 3.37. The number of carbonyl (C=O) groups excluding carboxylic acids is 2. The molecule has 17 heavy (non-hydrogen) atoms. The Labute approximate surface area is 98.6 Å². The summed E-state index contributed by atoms with van der Waals surface area (Å²) in [4.78, 5) is 28.7. The third-order valence-electron chi connectivity index (χ3n) is 2.41. The lowest BCUT2D eigenvalue weighted by Gasteiger charge is -2.26. The summed E-state index contributed by atoms with van der Waals surface area (Å²) >= 11 is 0. The van der Waals surface area contributed by atoms with Gasteiger partial charge in [-0.15, -0.1) is 0 Å². The van der Waals surface area contributed by atoms with Crippen LogP contribution < -0.4 is 5.32 Å². The van der Waals surface area contributed by atoms with Crippen molar-refractivity contribution in [1.82, 2.24) is 9.88 Å². The first-order valence-corrected chi connectivity index (χ1v) is 5.35. The zero-order valence-electron chi connectivity index (χ0n) is 9.26. The van der Waals surface area contributed by atoms with Gasteiger partial charge < -0.3 is 15.0 Å². The van der Waals surface area contributed by atoms with Crippen LogP contribution in [0, 0.1) is 0 Å². The van der Waals surface area contributed by atoms with E-state index in [1.165, 1.54) is 11.1 Å². The fraction of sp³-hybridized carbons (Fsp3) is 0.364. The molecule has 2 amide bonds. The Kier molecular flexibility index (Phi) is 3.66. The predicted molar refractivity (Wildman–Crippen MR) is 60.3 cm³/mol. The Morgan fingerprint density at radius 2 is 2.12 bits per heavy atom. The second-order valence-corrected chi connectivity index (χ2v) is 3.60. The number of ether oxygens (including phenoxy) is 1. The van der Waals surface area contributed by atoms with E-state index in [0.717, 1.165) is 0 Å². The molecule has 0 unspecified atom stereocenters. The van der Waals surface area contributed by atoms with Crippen LogP contribution in [0.3, 0.4) is 0 Å². The first-order chi connectivity index (χ1) is 8.27. The summed E-state index contributed by atoms with van der Waals surface area (Å²) in [5.74, 6) is -1.17. The molecular formula is C11H13N3O3. The lowest BCUT2D eigenvalue weighted by atomic mass is 10.3. The maximum Gasteiger partial charge on any atom is 0.313 e. The maximum atomic E-state index is 11.7. The zero-order valence-corrected chi connectivity index (χ0v) is 9.26. The minimum absolute atomic E-state index is 0.458. The quantitative estimate of drug-likeness (QED) is 0.689. The molecule has 1 fully saturated rings. The number of anilines is 1. The van der Waals surface area contributed by atoms with Gasteiger partial charge in [-0.3, -0.25) is 14.6 Å². The monoisotopic (exact) mass is 235 g/mol. The predicted octanol–water partition coefficient (Wildman–Crippen LogP) is -0.121. The van der Waals surface area contributed by atoms with Crippen molar-refractivity contribution in [2.75, 3.05) is 31.6 Å². The number of hydrogen-bond acceptors (Lipinski definition) is 4. The molecule has 1 saturated heterocycles. The van der Waals surface area contributed by atoms with Crippen LogP contribution in [-0.2, 0) is 14.3 Å². The van der Waals surface area contributed by atoms with E-state index in [-0.39, 0.29) is 0 Å². The molecule has 1 aromatic rings. The van der Waals surface area contributed by atoms with Crippen molar-refractivity contribution in [3.63, 3.8) is 0 Å². The Morgan fingerprint density at radius 3 is 2.76 bits per heavy atom. The highest BCUT2D eigenvalue weighted by atomic mass is 16.5. The smallest absolute Gasteiger partial charge is 0.313 e. The minimum Gasteiger partial charge on any atom is -0.378 e.